The summed E-state index contributed by atoms with van der Waals surface area (Å²) in [4.78, 5) is 12.5. The first-order valence-electron chi connectivity index (χ1n) is 7.64. The molecule has 1 saturated heterocycles. The standard InChI is InChI=1S/C16H27N3O.ClH/c1-10(2)19-11(3)9-14(13(19)5)16(20)18-15-7-6-8-17-12(15)4;/h9-10,12,15,17H,6-8H2,1-5H3,(H,18,20);1H. The molecule has 2 rings (SSSR count). The molecule has 1 aromatic rings. The quantitative estimate of drug-likeness (QED) is 0.901. The zero-order valence-corrected chi connectivity index (χ0v) is 14.5. The van der Waals surface area contributed by atoms with Crippen molar-refractivity contribution in [2.24, 2.45) is 0 Å². The lowest BCUT2D eigenvalue weighted by Crippen LogP contribution is -2.51. The van der Waals surface area contributed by atoms with Gasteiger partial charge in [-0.1, -0.05) is 0 Å². The van der Waals surface area contributed by atoms with Crippen LogP contribution in [0.4, 0.5) is 0 Å². The second-order valence-corrected chi connectivity index (χ2v) is 6.21. The van der Waals surface area contributed by atoms with Gasteiger partial charge >= 0.3 is 0 Å². The molecule has 4 nitrogen and oxygen atoms in total. The van der Waals surface area contributed by atoms with E-state index in [1.54, 1.807) is 0 Å². The first-order valence-corrected chi connectivity index (χ1v) is 7.64. The first-order chi connectivity index (χ1) is 9.41. The molecular formula is C16H28ClN3O. The fraction of sp³-hybridized carbons (Fsp3) is 0.688. The van der Waals surface area contributed by atoms with Gasteiger partial charge < -0.3 is 15.2 Å². The van der Waals surface area contributed by atoms with E-state index in [0.29, 0.717) is 12.1 Å². The Morgan fingerprint density at radius 1 is 1.43 bits per heavy atom. The fourth-order valence-corrected chi connectivity index (χ4v) is 3.29. The molecular weight excluding hydrogens is 286 g/mol. The van der Waals surface area contributed by atoms with Crippen molar-refractivity contribution in [3.8, 4) is 0 Å². The number of aryl methyl sites for hydroxylation is 1. The maximum absolute atomic E-state index is 12.5. The van der Waals surface area contributed by atoms with Crippen LogP contribution >= 0.6 is 12.4 Å². The van der Waals surface area contributed by atoms with E-state index in [9.17, 15) is 4.79 Å². The molecule has 2 unspecified atom stereocenters. The Bertz CT molecular complexity index is 496. The van der Waals surface area contributed by atoms with Crippen LogP contribution in [0.2, 0.25) is 0 Å². The van der Waals surface area contributed by atoms with E-state index in [1.165, 1.54) is 0 Å². The SMILES string of the molecule is Cc1cc(C(=O)NC2CCCNC2C)c(C)n1C(C)C.Cl. The molecule has 0 spiro atoms. The Balaban J connectivity index is 0.00000220. The Labute approximate surface area is 134 Å². The summed E-state index contributed by atoms with van der Waals surface area (Å²) in [6.07, 6.45) is 2.18. The van der Waals surface area contributed by atoms with Gasteiger partial charge in [-0.3, -0.25) is 4.79 Å². The van der Waals surface area contributed by atoms with Gasteiger partial charge in [0.1, 0.15) is 0 Å². The summed E-state index contributed by atoms with van der Waals surface area (Å²) < 4.78 is 2.22. The monoisotopic (exact) mass is 313 g/mol. The maximum Gasteiger partial charge on any atom is 0.253 e. The van der Waals surface area contributed by atoms with Gasteiger partial charge in [-0.15, -0.1) is 12.4 Å². The number of hydrogen-bond acceptors (Lipinski definition) is 2. The predicted molar refractivity (Wildman–Crippen MR) is 89.5 cm³/mol. The molecule has 21 heavy (non-hydrogen) atoms. The number of carbonyl (C=O) groups is 1. The van der Waals surface area contributed by atoms with E-state index < -0.39 is 0 Å². The second kappa shape index (κ2) is 7.32. The van der Waals surface area contributed by atoms with Crippen molar-refractivity contribution in [3.63, 3.8) is 0 Å². The average molecular weight is 314 g/mol. The topological polar surface area (TPSA) is 46.1 Å². The lowest BCUT2D eigenvalue weighted by Gasteiger charge is -2.30. The number of nitrogens with one attached hydrogen (secondary N) is 2. The molecule has 0 aliphatic carbocycles. The molecule has 0 saturated carbocycles. The van der Waals surface area contributed by atoms with E-state index in [4.69, 9.17) is 0 Å². The molecule has 1 aliphatic heterocycles. The third kappa shape index (κ3) is 3.80. The van der Waals surface area contributed by atoms with E-state index >= 15 is 0 Å². The van der Waals surface area contributed by atoms with Crippen molar-refractivity contribution in [3.05, 3.63) is 23.0 Å². The minimum atomic E-state index is 0. The molecule has 1 aromatic heterocycles. The summed E-state index contributed by atoms with van der Waals surface area (Å²) in [5.74, 6) is 0.0607. The first kappa shape index (κ1) is 18.1. The second-order valence-electron chi connectivity index (χ2n) is 6.21. The van der Waals surface area contributed by atoms with Crippen molar-refractivity contribution in [1.82, 2.24) is 15.2 Å². The van der Waals surface area contributed by atoms with E-state index in [-0.39, 0.29) is 24.4 Å². The van der Waals surface area contributed by atoms with Gasteiger partial charge in [0.25, 0.3) is 5.91 Å². The van der Waals surface area contributed by atoms with E-state index in [2.05, 4.69) is 42.9 Å². The molecule has 2 atom stereocenters. The van der Waals surface area contributed by atoms with Crippen LogP contribution in [0.1, 0.15) is 61.4 Å². The Morgan fingerprint density at radius 3 is 2.62 bits per heavy atom. The highest BCUT2D eigenvalue weighted by molar-refractivity contribution is 5.96. The fourth-order valence-electron chi connectivity index (χ4n) is 3.29. The van der Waals surface area contributed by atoms with Gasteiger partial charge in [0.2, 0.25) is 0 Å². The van der Waals surface area contributed by atoms with E-state index in [1.807, 2.05) is 13.0 Å². The van der Waals surface area contributed by atoms with Crippen molar-refractivity contribution in [2.45, 2.75) is 65.6 Å². The van der Waals surface area contributed by atoms with E-state index in [0.717, 1.165) is 36.3 Å². The molecule has 1 aliphatic rings. The van der Waals surface area contributed by atoms with Gasteiger partial charge in [0.15, 0.2) is 0 Å². The maximum atomic E-state index is 12.5. The summed E-state index contributed by atoms with van der Waals surface area (Å²) in [6.45, 7) is 11.6. The largest absolute Gasteiger partial charge is 0.348 e. The summed E-state index contributed by atoms with van der Waals surface area (Å²) in [5.41, 5.74) is 3.03. The number of carbonyl (C=O) groups excluding carboxylic acids is 1. The van der Waals surface area contributed by atoms with Crippen LogP contribution in [-0.2, 0) is 0 Å². The number of amides is 1. The third-order valence-electron chi connectivity index (χ3n) is 4.32. The number of hydrogen-bond donors (Lipinski definition) is 2. The van der Waals surface area contributed by atoms with Gasteiger partial charge in [-0.25, -0.2) is 0 Å². The molecule has 1 fully saturated rings. The summed E-state index contributed by atoms with van der Waals surface area (Å²) in [6, 6.07) is 2.97. The lowest BCUT2D eigenvalue weighted by molar-refractivity contribution is 0.0919. The third-order valence-corrected chi connectivity index (χ3v) is 4.32. The summed E-state index contributed by atoms with van der Waals surface area (Å²) in [5, 5.41) is 6.61. The Morgan fingerprint density at radius 2 is 2.10 bits per heavy atom. The van der Waals surface area contributed by atoms with Gasteiger partial charge in [-0.05, 0) is 60.1 Å². The molecule has 0 bridgehead atoms. The Kier molecular flexibility index (Phi) is 6.29. The highest BCUT2D eigenvalue weighted by Crippen LogP contribution is 2.20. The molecule has 2 heterocycles. The number of halogens is 1. The number of nitrogens with zero attached hydrogens (tertiary/aromatic N) is 1. The van der Waals surface area contributed by atoms with Crippen LogP contribution in [0, 0.1) is 13.8 Å². The molecule has 2 N–H and O–H groups in total. The molecule has 0 aromatic carbocycles. The van der Waals surface area contributed by atoms with Crippen LogP contribution in [0.3, 0.4) is 0 Å². The Hall–Kier alpha value is -1.000. The van der Waals surface area contributed by atoms with Crippen molar-refractivity contribution in [2.75, 3.05) is 6.54 Å². The van der Waals surface area contributed by atoms with Gasteiger partial charge in [-0.2, -0.15) is 0 Å². The summed E-state index contributed by atoms with van der Waals surface area (Å²) >= 11 is 0. The predicted octanol–water partition coefficient (Wildman–Crippen LogP) is 2.98. The molecule has 5 heteroatoms. The normalized spacial score (nSPS) is 22.0. The number of rotatable bonds is 3. The number of piperidine rings is 1. The zero-order valence-electron chi connectivity index (χ0n) is 13.7. The average Bonchev–Trinajstić information content (AvgIpc) is 2.67. The zero-order chi connectivity index (χ0) is 14.9. The molecule has 1 amide bonds. The minimum absolute atomic E-state index is 0. The molecule has 0 radical (unpaired) electrons. The van der Waals surface area contributed by atoms with Crippen LogP contribution in [0.25, 0.3) is 0 Å². The van der Waals surface area contributed by atoms with Crippen molar-refractivity contribution in [1.29, 1.82) is 0 Å². The van der Waals surface area contributed by atoms with Gasteiger partial charge in [0, 0.05) is 29.5 Å². The highest BCUT2D eigenvalue weighted by atomic mass is 35.5. The number of aromatic nitrogens is 1. The van der Waals surface area contributed by atoms with Crippen LogP contribution in [0.15, 0.2) is 6.07 Å². The lowest BCUT2D eigenvalue weighted by atomic mass is 9.99. The highest BCUT2D eigenvalue weighted by Gasteiger charge is 2.24. The van der Waals surface area contributed by atoms with Crippen LogP contribution < -0.4 is 10.6 Å². The smallest absolute Gasteiger partial charge is 0.253 e. The molecule has 120 valence electrons. The van der Waals surface area contributed by atoms with Gasteiger partial charge in [0.05, 0.1) is 5.56 Å². The van der Waals surface area contributed by atoms with Crippen LogP contribution in [-0.4, -0.2) is 29.1 Å². The van der Waals surface area contributed by atoms with Crippen molar-refractivity contribution < 1.29 is 4.79 Å². The summed E-state index contributed by atoms with van der Waals surface area (Å²) in [7, 11) is 0. The minimum Gasteiger partial charge on any atom is -0.348 e. The van der Waals surface area contributed by atoms with Crippen LogP contribution in [0.5, 0.6) is 0 Å². The van der Waals surface area contributed by atoms with Crippen molar-refractivity contribution >= 4 is 18.3 Å².